The minimum Gasteiger partial charge on any atom is -0.466 e. The van der Waals surface area contributed by atoms with Crippen molar-refractivity contribution in [3.05, 3.63) is 0 Å². The van der Waals surface area contributed by atoms with E-state index in [4.69, 9.17) is 9.47 Å². The van der Waals surface area contributed by atoms with E-state index >= 15 is 0 Å². The van der Waals surface area contributed by atoms with Crippen LogP contribution in [0.15, 0.2) is 0 Å². The van der Waals surface area contributed by atoms with Crippen LogP contribution in [0.3, 0.4) is 0 Å². The molecule has 0 aromatic carbocycles. The third-order valence-corrected chi connectivity index (χ3v) is 5.76. The van der Waals surface area contributed by atoms with Gasteiger partial charge in [0.05, 0.1) is 19.1 Å². The molecule has 0 saturated carbocycles. The number of hydrogen-bond donors (Lipinski definition) is 0. The summed E-state index contributed by atoms with van der Waals surface area (Å²) in [7, 11) is 0. The van der Waals surface area contributed by atoms with Gasteiger partial charge in [-0.1, -0.05) is 98.3 Å². The van der Waals surface area contributed by atoms with Gasteiger partial charge in [0.1, 0.15) is 0 Å². The van der Waals surface area contributed by atoms with E-state index in [1.807, 2.05) is 0 Å². The maximum Gasteiger partial charge on any atom is 0.309 e. The Labute approximate surface area is 186 Å². The van der Waals surface area contributed by atoms with Gasteiger partial charge in [0.25, 0.3) is 0 Å². The lowest BCUT2D eigenvalue weighted by Crippen LogP contribution is -2.23. The minimum atomic E-state index is -0.0327. The average molecular weight is 427 g/mol. The van der Waals surface area contributed by atoms with Gasteiger partial charge >= 0.3 is 11.9 Å². The van der Waals surface area contributed by atoms with Crippen molar-refractivity contribution in [3.63, 3.8) is 0 Å². The zero-order chi connectivity index (χ0) is 22.5. The Kier molecular flexibility index (Phi) is 20.4. The normalized spacial score (nSPS) is 12.2. The molecule has 4 nitrogen and oxygen atoms in total. The monoisotopic (exact) mass is 426 g/mol. The molecule has 0 aromatic rings. The van der Waals surface area contributed by atoms with Gasteiger partial charge in [-0.3, -0.25) is 9.59 Å². The largest absolute Gasteiger partial charge is 0.466 e. The predicted molar refractivity (Wildman–Crippen MR) is 125 cm³/mol. The number of ether oxygens (including phenoxy) is 2. The van der Waals surface area contributed by atoms with Crippen LogP contribution >= 0.6 is 0 Å². The molecule has 0 spiro atoms. The smallest absolute Gasteiger partial charge is 0.309 e. The van der Waals surface area contributed by atoms with E-state index in [2.05, 4.69) is 27.7 Å². The van der Waals surface area contributed by atoms with E-state index < -0.39 is 0 Å². The highest BCUT2D eigenvalue weighted by Crippen LogP contribution is 2.21. The van der Waals surface area contributed by atoms with E-state index in [0.29, 0.717) is 25.6 Å². The number of unbranched alkanes of at least 4 members (excludes halogenated alkanes) is 11. The van der Waals surface area contributed by atoms with Gasteiger partial charge in [-0.2, -0.15) is 0 Å². The Balaban J connectivity index is 3.59. The molecule has 0 fully saturated rings. The molecule has 1 unspecified atom stereocenters. The van der Waals surface area contributed by atoms with E-state index in [0.717, 1.165) is 64.2 Å². The van der Waals surface area contributed by atoms with Gasteiger partial charge in [0.2, 0.25) is 0 Å². The van der Waals surface area contributed by atoms with Gasteiger partial charge in [0.15, 0.2) is 0 Å². The van der Waals surface area contributed by atoms with Crippen LogP contribution in [0.5, 0.6) is 0 Å². The maximum atomic E-state index is 12.3. The predicted octanol–water partition coefficient (Wildman–Crippen LogP) is 7.63. The third kappa shape index (κ3) is 17.8. The molecular weight excluding hydrogens is 376 g/mol. The van der Waals surface area contributed by atoms with Crippen LogP contribution < -0.4 is 0 Å². The van der Waals surface area contributed by atoms with Crippen molar-refractivity contribution in [2.24, 2.45) is 11.8 Å². The molecular formula is C26H50O4. The zero-order valence-corrected chi connectivity index (χ0v) is 20.5. The molecule has 0 aliphatic carbocycles. The number of carbonyl (C=O) groups excluding carboxylic acids is 2. The summed E-state index contributed by atoms with van der Waals surface area (Å²) in [6.45, 7) is 9.72. The van der Waals surface area contributed by atoms with Gasteiger partial charge in [-0.25, -0.2) is 0 Å². The fourth-order valence-corrected chi connectivity index (χ4v) is 3.66. The highest BCUT2D eigenvalue weighted by molar-refractivity contribution is 5.72. The Morgan fingerprint density at radius 1 is 0.633 bits per heavy atom. The van der Waals surface area contributed by atoms with Crippen LogP contribution in [0.4, 0.5) is 0 Å². The van der Waals surface area contributed by atoms with Crippen LogP contribution in [-0.4, -0.2) is 25.2 Å². The molecule has 1 atom stereocenters. The second kappa shape index (κ2) is 21.2. The summed E-state index contributed by atoms with van der Waals surface area (Å²) in [6.07, 6.45) is 17.3. The molecule has 0 N–H and O–H groups in total. The van der Waals surface area contributed by atoms with E-state index in [9.17, 15) is 9.59 Å². The second-order valence-corrected chi connectivity index (χ2v) is 9.02. The van der Waals surface area contributed by atoms with Crippen LogP contribution in [0.1, 0.15) is 130 Å². The van der Waals surface area contributed by atoms with Crippen molar-refractivity contribution in [1.82, 2.24) is 0 Å². The van der Waals surface area contributed by atoms with E-state index in [1.165, 1.54) is 32.1 Å². The quantitative estimate of drug-likeness (QED) is 0.140. The van der Waals surface area contributed by atoms with Crippen molar-refractivity contribution >= 4 is 11.9 Å². The summed E-state index contributed by atoms with van der Waals surface area (Å²) in [5.74, 6) is 0.370. The van der Waals surface area contributed by atoms with Crippen LogP contribution in [0.25, 0.3) is 0 Å². The van der Waals surface area contributed by atoms with Gasteiger partial charge in [-0.15, -0.1) is 0 Å². The molecule has 0 bridgehead atoms. The summed E-state index contributed by atoms with van der Waals surface area (Å²) >= 11 is 0. The lowest BCUT2D eigenvalue weighted by molar-refractivity contribution is -0.150. The highest BCUT2D eigenvalue weighted by atomic mass is 16.5. The Bertz CT molecular complexity index is 406. The van der Waals surface area contributed by atoms with Gasteiger partial charge in [0, 0.05) is 6.42 Å². The number of rotatable bonds is 21. The molecule has 0 rings (SSSR count). The Morgan fingerprint density at radius 2 is 1.13 bits per heavy atom. The van der Waals surface area contributed by atoms with Crippen molar-refractivity contribution in [2.75, 3.05) is 13.2 Å². The fraction of sp³-hybridized carbons (Fsp3) is 0.923. The first kappa shape index (κ1) is 28.9. The number of esters is 2. The molecule has 0 heterocycles. The molecule has 0 radical (unpaired) electrons. The molecule has 0 amide bonds. The maximum absolute atomic E-state index is 12.3. The first-order chi connectivity index (χ1) is 14.5. The summed E-state index contributed by atoms with van der Waals surface area (Å²) in [5, 5.41) is 0. The van der Waals surface area contributed by atoms with Crippen molar-refractivity contribution in [2.45, 2.75) is 130 Å². The Hall–Kier alpha value is -1.06. The van der Waals surface area contributed by atoms with Gasteiger partial charge in [-0.05, 0) is 31.6 Å². The molecule has 30 heavy (non-hydrogen) atoms. The molecule has 178 valence electrons. The lowest BCUT2D eigenvalue weighted by atomic mass is 9.90. The topological polar surface area (TPSA) is 52.6 Å². The van der Waals surface area contributed by atoms with E-state index in [-0.39, 0.29) is 17.9 Å². The average Bonchev–Trinajstić information content (AvgIpc) is 2.72. The standard InChI is InChI=1S/C26H50O4/c1-5-7-17-21-29-25(27)20-16-14-12-10-9-11-13-15-19-24(23(3)4)26(28)30-22-18-8-6-2/h23-24H,5-22H2,1-4H3. The zero-order valence-electron chi connectivity index (χ0n) is 20.5. The SMILES string of the molecule is CCCCCOC(=O)CCCCCCCCCCC(C(=O)OCCCCC)C(C)C. The molecule has 0 aliphatic heterocycles. The van der Waals surface area contributed by atoms with Crippen molar-refractivity contribution in [3.8, 4) is 0 Å². The first-order valence-corrected chi connectivity index (χ1v) is 12.8. The highest BCUT2D eigenvalue weighted by Gasteiger charge is 2.22. The van der Waals surface area contributed by atoms with Crippen molar-refractivity contribution < 1.29 is 19.1 Å². The van der Waals surface area contributed by atoms with E-state index in [1.54, 1.807) is 0 Å². The van der Waals surface area contributed by atoms with Gasteiger partial charge < -0.3 is 9.47 Å². The third-order valence-electron chi connectivity index (χ3n) is 5.76. The molecule has 4 heteroatoms. The summed E-state index contributed by atoms with van der Waals surface area (Å²) in [5.41, 5.74) is 0. The summed E-state index contributed by atoms with van der Waals surface area (Å²) in [6, 6.07) is 0. The second-order valence-electron chi connectivity index (χ2n) is 9.02. The Morgan fingerprint density at radius 3 is 1.67 bits per heavy atom. The van der Waals surface area contributed by atoms with Crippen molar-refractivity contribution in [1.29, 1.82) is 0 Å². The summed E-state index contributed by atoms with van der Waals surface area (Å²) < 4.78 is 10.7. The lowest BCUT2D eigenvalue weighted by Gasteiger charge is -2.19. The minimum absolute atomic E-state index is 0.00462. The fourth-order valence-electron chi connectivity index (χ4n) is 3.66. The van der Waals surface area contributed by atoms with Crippen LogP contribution in [0, 0.1) is 11.8 Å². The van der Waals surface area contributed by atoms with Crippen LogP contribution in [0.2, 0.25) is 0 Å². The first-order valence-electron chi connectivity index (χ1n) is 12.8. The molecule has 0 aromatic heterocycles. The molecule has 0 saturated heterocycles. The summed E-state index contributed by atoms with van der Waals surface area (Å²) in [4.78, 5) is 23.9. The molecule has 0 aliphatic rings. The van der Waals surface area contributed by atoms with Crippen LogP contribution in [-0.2, 0) is 19.1 Å². The number of carbonyl (C=O) groups is 2. The number of hydrogen-bond acceptors (Lipinski definition) is 4.